The lowest BCUT2D eigenvalue weighted by Crippen LogP contribution is -2.29. The number of carbonyl (C=O) groups is 1. The number of rotatable bonds is 7. The van der Waals surface area contributed by atoms with Crippen LogP contribution in [0.4, 0.5) is 14.9 Å². The second kappa shape index (κ2) is 8.67. The monoisotopic (exact) mass is 302 g/mol. The van der Waals surface area contributed by atoms with Gasteiger partial charge in [0.05, 0.1) is 6.61 Å². The molecule has 2 aromatic rings. The maximum atomic E-state index is 12.7. The molecule has 0 aliphatic heterocycles. The largest absolute Gasteiger partial charge is 0.494 e. The number of nitrogens with one attached hydrogen (secondary N) is 2. The van der Waals surface area contributed by atoms with E-state index in [2.05, 4.69) is 10.6 Å². The Kier molecular flexibility index (Phi) is 6.23. The highest BCUT2D eigenvalue weighted by molar-refractivity contribution is 5.89. The minimum Gasteiger partial charge on any atom is -0.494 e. The highest BCUT2D eigenvalue weighted by Crippen LogP contribution is 2.11. The molecule has 0 fully saturated rings. The molecule has 0 saturated carbocycles. The fourth-order valence-electron chi connectivity index (χ4n) is 1.85. The van der Waals surface area contributed by atoms with Gasteiger partial charge in [0.1, 0.15) is 11.6 Å². The molecule has 0 bridgehead atoms. The molecule has 2 N–H and O–H groups in total. The van der Waals surface area contributed by atoms with E-state index in [9.17, 15) is 9.18 Å². The number of urea groups is 1. The summed E-state index contributed by atoms with van der Waals surface area (Å²) in [4.78, 5) is 11.6. The lowest BCUT2D eigenvalue weighted by Gasteiger charge is -2.08. The molecule has 4 nitrogen and oxygen atoms in total. The summed E-state index contributed by atoms with van der Waals surface area (Å²) < 4.78 is 18.2. The smallest absolute Gasteiger partial charge is 0.319 e. The molecule has 0 unspecified atom stereocenters. The van der Waals surface area contributed by atoms with Crippen LogP contribution in [0.25, 0.3) is 0 Å². The summed E-state index contributed by atoms with van der Waals surface area (Å²) in [5.41, 5.74) is 0.764. The van der Waals surface area contributed by atoms with Crippen LogP contribution in [-0.2, 0) is 0 Å². The molecule has 5 heteroatoms. The molecule has 2 rings (SSSR count). The van der Waals surface area contributed by atoms with Crippen LogP contribution in [-0.4, -0.2) is 19.2 Å². The zero-order valence-electron chi connectivity index (χ0n) is 12.2. The number of carbonyl (C=O) groups excluding carboxylic acids is 1. The summed E-state index contributed by atoms with van der Waals surface area (Å²) in [7, 11) is 0. The maximum Gasteiger partial charge on any atom is 0.319 e. The van der Waals surface area contributed by atoms with E-state index in [1.165, 1.54) is 12.1 Å². The molecule has 0 spiro atoms. The molecule has 0 heterocycles. The maximum absolute atomic E-state index is 12.7. The van der Waals surface area contributed by atoms with Crippen molar-refractivity contribution in [1.82, 2.24) is 5.32 Å². The SMILES string of the molecule is O=C(NCCCCOc1ccc(F)cc1)Nc1ccccc1. The number of unbranched alkanes of at least 4 members (excludes halogenated alkanes) is 1. The summed E-state index contributed by atoms with van der Waals surface area (Å²) in [5.74, 6) is 0.372. The number of amides is 2. The first-order valence-corrected chi connectivity index (χ1v) is 7.22. The summed E-state index contributed by atoms with van der Waals surface area (Å²) in [5, 5.41) is 5.53. The van der Waals surface area contributed by atoms with Crippen LogP contribution in [0.5, 0.6) is 5.75 Å². The average Bonchev–Trinajstić information content (AvgIpc) is 2.53. The number of ether oxygens (including phenoxy) is 1. The van der Waals surface area contributed by atoms with Gasteiger partial charge in [-0.25, -0.2) is 9.18 Å². The Morgan fingerprint density at radius 1 is 1.00 bits per heavy atom. The van der Waals surface area contributed by atoms with Gasteiger partial charge in [-0.05, 0) is 49.2 Å². The van der Waals surface area contributed by atoms with E-state index in [0.717, 1.165) is 18.5 Å². The van der Waals surface area contributed by atoms with Gasteiger partial charge in [0, 0.05) is 12.2 Å². The van der Waals surface area contributed by atoms with Crippen molar-refractivity contribution in [3.63, 3.8) is 0 Å². The number of benzene rings is 2. The molecule has 0 aromatic heterocycles. The molecule has 0 aliphatic rings. The van der Waals surface area contributed by atoms with Gasteiger partial charge in [-0.1, -0.05) is 18.2 Å². The van der Waals surface area contributed by atoms with E-state index in [0.29, 0.717) is 18.9 Å². The zero-order chi connectivity index (χ0) is 15.6. The van der Waals surface area contributed by atoms with E-state index >= 15 is 0 Å². The third-order valence-electron chi connectivity index (χ3n) is 2.97. The van der Waals surface area contributed by atoms with E-state index in [-0.39, 0.29) is 11.8 Å². The van der Waals surface area contributed by atoms with Crippen LogP contribution >= 0.6 is 0 Å². The molecule has 0 saturated heterocycles. The van der Waals surface area contributed by atoms with Gasteiger partial charge < -0.3 is 15.4 Å². The molecule has 116 valence electrons. The van der Waals surface area contributed by atoms with E-state index in [1.54, 1.807) is 12.1 Å². The van der Waals surface area contributed by atoms with Gasteiger partial charge in [-0.2, -0.15) is 0 Å². The molecule has 2 aromatic carbocycles. The van der Waals surface area contributed by atoms with Crippen molar-refractivity contribution in [2.24, 2.45) is 0 Å². The van der Waals surface area contributed by atoms with Gasteiger partial charge in [0.15, 0.2) is 0 Å². The molecule has 2 amide bonds. The van der Waals surface area contributed by atoms with Crippen molar-refractivity contribution >= 4 is 11.7 Å². The van der Waals surface area contributed by atoms with Crippen molar-refractivity contribution in [3.05, 3.63) is 60.4 Å². The molecule has 22 heavy (non-hydrogen) atoms. The zero-order valence-corrected chi connectivity index (χ0v) is 12.2. The van der Waals surface area contributed by atoms with E-state index in [1.807, 2.05) is 30.3 Å². The van der Waals surface area contributed by atoms with Gasteiger partial charge in [0.2, 0.25) is 0 Å². The fraction of sp³-hybridized carbons (Fsp3) is 0.235. The molecule has 0 aliphatic carbocycles. The normalized spacial score (nSPS) is 10.0. The molecular weight excluding hydrogens is 283 g/mol. The van der Waals surface area contributed by atoms with Gasteiger partial charge in [-0.3, -0.25) is 0 Å². The number of hydrogen-bond donors (Lipinski definition) is 2. The van der Waals surface area contributed by atoms with Crippen molar-refractivity contribution in [2.75, 3.05) is 18.5 Å². The van der Waals surface area contributed by atoms with Gasteiger partial charge in [0.25, 0.3) is 0 Å². The molecule has 0 radical (unpaired) electrons. The Morgan fingerprint density at radius 2 is 1.73 bits per heavy atom. The van der Waals surface area contributed by atoms with E-state index < -0.39 is 0 Å². The third kappa shape index (κ3) is 5.83. The quantitative estimate of drug-likeness (QED) is 0.764. The van der Waals surface area contributed by atoms with E-state index in [4.69, 9.17) is 4.74 Å². The Balaban J connectivity index is 1.54. The van der Waals surface area contributed by atoms with Crippen molar-refractivity contribution < 1.29 is 13.9 Å². The van der Waals surface area contributed by atoms with Crippen LogP contribution in [0, 0.1) is 5.82 Å². The van der Waals surface area contributed by atoms with Crippen molar-refractivity contribution in [2.45, 2.75) is 12.8 Å². The van der Waals surface area contributed by atoms with Crippen LogP contribution in [0.1, 0.15) is 12.8 Å². The Hall–Kier alpha value is -2.56. The fourth-order valence-corrected chi connectivity index (χ4v) is 1.85. The number of halogens is 1. The van der Waals surface area contributed by atoms with Crippen molar-refractivity contribution in [1.29, 1.82) is 0 Å². The predicted molar refractivity (Wildman–Crippen MR) is 84.6 cm³/mol. The highest BCUT2D eigenvalue weighted by Gasteiger charge is 2.00. The van der Waals surface area contributed by atoms with Crippen LogP contribution in [0.3, 0.4) is 0 Å². The Bertz CT molecular complexity index is 573. The first-order valence-electron chi connectivity index (χ1n) is 7.22. The summed E-state index contributed by atoms with van der Waals surface area (Å²) in [6.07, 6.45) is 1.62. The number of anilines is 1. The minimum atomic E-state index is -0.277. The van der Waals surface area contributed by atoms with Crippen molar-refractivity contribution in [3.8, 4) is 5.75 Å². The summed E-state index contributed by atoms with van der Waals surface area (Å²) in [6, 6.07) is 15.0. The summed E-state index contributed by atoms with van der Waals surface area (Å²) >= 11 is 0. The number of hydrogen-bond acceptors (Lipinski definition) is 2. The average molecular weight is 302 g/mol. The predicted octanol–water partition coefficient (Wildman–Crippen LogP) is 3.81. The topological polar surface area (TPSA) is 50.4 Å². The minimum absolute atomic E-state index is 0.217. The second-order valence-electron chi connectivity index (χ2n) is 4.76. The third-order valence-corrected chi connectivity index (χ3v) is 2.97. The second-order valence-corrected chi connectivity index (χ2v) is 4.76. The standard InChI is InChI=1S/C17H19FN2O2/c18-14-8-10-16(11-9-14)22-13-5-4-12-19-17(21)20-15-6-2-1-3-7-15/h1-3,6-11H,4-5,12-13H2,(H2,19,20,21). The lowest BCUT2D eigenvalue weighted by molar-refractivity contribution is 0.251. The van der Waals surface area contributed by atoms with Gasteiger partial charge in [-0.15, -0.1) is 0 Å². The number of para-hydroxylation sites is 1. The van der Waals surface area contributed by atoms with Crippen LogP contribution in [0.15, 0.2) is 54.6 Å². The van der Waals surface area contributed by atoms with Crippen LogP contribution in [0.2, 0.25) is 0 Å². The van der Waals surface area contributed by atoms with Crippen LogP contribution < -0.4 is 15.4 Å². The first-order chi connectivity index (χ1) is 10.7. The Labute approximate surface area is 129 Å². The summed E-state index contributed by atoms with van der Waals surface area (Å²) in [6.45, 7) is 1.11. The highest BCUT2D eigenvalue weighted by atomic mass is 19.1. The van der Waals surface area contributed by atoms with Gasteiger partial charge >= 0.3 is 6.03 Å². The lowest BCUT2D eigenvalue weighted by atomic mass is 10.3. The molecular formula is C17H19FN2O2. The Morgan fingerprint density at radius 3 is 2.45 bits per heavy atom. The first kappa shape index (κ1) is 15.8. The molecule has 0 atom stereocenters.